The monoisotopic (exact) mass is 268 g/mol. The highest BCUT2D eigenvalue weighted by Crippen LogP contribution is 2.37. The third kappa shape index (κ3) is 2.91. The number of carbonyl (C=O) groups is 1. The van der Waals surface area contributed by atoms with Gasteiger partial charge in [-0.3, -0.25) is 4.79 Å². The van der Waals surface area contributed by atoms with Crippen LogP contribution in [0.25, 0.3) is 0 Å². The molecule has 18 heavy (non-hydrogen) atoms. The summed E-state index contributed by atoms with van der Waals surface area (Å²) < 4.78 is 11.3. The van der Waals surface area contributed by atoms with E-state index in [1.54, 1.807) is 0 Å². The van der Waals surface area contributed by atoms with Gasteiger partial charge in [0.05, 0.1) is 18.8 Å². The highest BCUT2D eigenvalue weighted by atomic mass is 35.5. The highest BCUT2D eigenvalue weighted by Gasteiger charge is 2.50. The summed E-state index contributed by atoms with van der Waals surface area (Å²) in [5, 5.41) is -0.482. The Morgan fingerprint density at radius 1 is 1.39 bits per heavy atom. The summed E-state index contributed by atoms with van der Waals surface area (Å²) in [5.74, 6) is 0. The van der Waals surface area contributed by atoms with Gasteiger partial charge in [-0.2, -0.15) is 0 Å². The third-order valence-corrected chi connectivity index (χ3v) is 3.47. The van der Waals surface area contributed by atoms with Crippen molar-refractivity contribution in [1.29, 1.82) is 0 Å². The number of benzene rings is 1. The van der Waals surface area contributed by atoms with Gasteiger partial charge in [0.15, 0.2) is 5.60 Å². The Labute approximate surface area is 112 Å². The Hall–Kier alpha value is -0.900. The van der Waals surface area contributed by atoms with Crippen molar-refractivity contribution in [3.05, 3.63) is 35.9 Å². The Kier molecular flexibility index (Phi) is 3.76. The maximum atomic E-state index is 11.6. The zero-order valence-electron chi connectivity index (χ0n) is 10.6. The molecule has 0 amide bonds. The number of carbonyl (C=O) groups excluding carboxylic acids is 1. The highest BCUT2D eigenvalue weighted by molar-refractivity contribution is 6.65. The smallest absolute Gasteiger partial charge is 0.256 e. The molecule has 2 rings (SSSR count). The molecule has 0 radical (unpaired) electrons. The molecule has 1 aromatic carbocycles. The van der Waals surface area contributed by atoms with Crippen molar-refractivity contribution >= 4 is 16.8 Å². The third-order valence-electron chi connectivity index (χ3n) is 3.12. The molecule has 1 atom stereocenters. The van der Waals surface area contributed by atoms with Crippen molar-refractivity contribution < 1.29 is 14.3 Å². The molecule has 1 saturated heterocycles. The first-order valence-electron chi connectivity index (χ1n) is 5.95. The van der Waals surface area contributed by atoms with Gasteiger partial charge in [-0.1, -0.05) is 30.3 Å². The minimum absolute atomic E-state index is 0.217. The van der Waals surface area contributed by atoms with E-state index in [1.165, 1.54) is 0 Å². The molecule has 1 fully saturated rings. The number of halogens is 1. The largest absolute Gasteiger partial charge is 0.372 e. The fraction of sp³-hybridized carbons (Fsp3) is 0.500. The first-order valence-corrected chi connectivity index (χ1v) is 6.33. The van der Waals surface area contributed by atoms with E-state index in [0.29, 0.717) is 13.0 Å². The summed E-state index contributed by atoms with van der Waals surface area (Å²) in [7, 11) is 0. The Balaban J connectivity index is 2.07. The summed E-state index contributed by atoms with van der Waals surface area (Å²) in [6, 6.07) is 9.71. The predicted octanol–water partition coefficient (Wildman–Crippen LogP) is 2.91. The molecule has 0 N–H and O–H groups in total. The molecule has 4 heteroatoms. The molecule has 3 nitrogen and oxygen atoms in total. The molecule has 0 unspecified atom stereocenters. The van der Waals surface area contributed by atoms with E-state index < -0.39 is 10.8 Å². The van der Waals surface area contributed by atoms with Gasteiger partial charge < -0.3 is 9.47 Å². The first kappa shape index (κ1) is 13.5. The molecule has 0 saturated carbocycles. The van der Waals surface area contributed by atoms with E-state index >= 15 is 0 Å². The van der Waals surface area contributed by atoms with Crippen molar-refractivity contribution in [2.24, 2.45) is 0 Å². The molecular formula is C14H17ClO3. The Morgan fingerprint density at radius 2 is 2.06 bits per heavy atom. The number of rotatable bonds is 4. The van der Waals surface area contributed by atoms with Gasteiger partial charge in [0.25, 0.3) is 5.24 Å². The van der Waals surface area contributed by atoms with Crippen LogP contribution in [0.15, 0.2) is 30.3 Å². The zero-order chi connectivity index (χ0) is 13.2. The summed E-state index contributed by atoms with van der Waals surface area (Å²) in [6.45, 7) is 4.44. The second-order valence-corrected chi connectivity index (χ2v) is 5.61. The van der Waals surface area contributed by atoms with Gasteiger partial charge in [0, 0.05) is 6.42 Å². The minimum atomic E-state index is -1.01. The first-order chi connectivity index (χ1) is 8.44. The summed E-state index contributed by atoms with van der Waals surface area (Å²) in [5.41, 5.74) is -0.373. The second-order valence-electron chi connectivity index (χ2n) is 5.27. The SMILES string of the molecule is CC1(C)C[C@](OCc2ccccc2)(C(=O)Cl)CO1. The van der Waals surface area contributed by atoms with E-state index in [1.807, 2.05) is 44.2 Å². The average molecular weight is 269 g/mol. The molecule has 1 aliphatic heterocycles. The van der Waals surface area contributed by atoms with Gasteiger partial charge in [0.2, 0.25) is 0 Å². The van der Waals surface area contributed by atoms with Crippen LogP contribution < -0.4 is 0 Å². The lowest BCUT2D eigenvalue weighted by Crippen LogP contribution is -2.40. The second kappa shape index (κ2) is 5.00. The van der Waals surface area contributed by atoms with Gasteiger partial charge in [-0.05, 0) is 31.0 Å². The van der Waals surface area contributed by atoms with Crippen LogP contribution in [0.1, 0.15) is 25.8 Å². The quantitative estimate of drug-likeness (QED) is 0.788. The van der Waals surface area contributed by atoms with Crippen LogP contribution in [0.2, 0.25) is 0 Å². The van der Waals surface area contributed by atoms with E-state index in [0.717, 1.165) is 5.56 Å². The number of ether oxygens (including phenoxy) is 2. The van der Waals surface area contributed by atoms with E-state index in [4.69, 9.17) is 21.1 Å². The van der Waals surface area contributed by atoms with Gasteiger partial charge in [-0.15, -0.1) is 0 Å². The minimum Gasteiger partial charge on any atom is -0.372 e. The lowest BCUT2D eigenvalue weighted by Gasteiger charge is -2.25. The molecule has 1 heterocycles. The molecule has 0 aliphatic carbocycles. The molecule has 0 spiro atoms. The number of hydrogen-bond acceptors (Lipinski definition) is 3. The molecule has 98 valence electrons. The van der Waals surface area contributed by atoms with Gasteiger partial charge >= 0.3 is 0 Å². The van der Waals surface area contributed by atoms with Crippen molar-refractivity contribution in [3.63, 3.8) is 0 Å². The maximum Gasteiger partial charge on any atom is 0.256 e. The van der Waals surface area contributed by atoms with Crippen LogP contribution in [-0.4, -0.2) is 23.1 Å². The average Bonchev–Trinajstić information content (AvgIpc) is 2.65. The molecule has 1 aromatic rings. The standard InChI is InChI=1S/C14H17ClO3/c1-13(2)9-14(10-18-13,12(15)16)17-8-11-6-4-3-5-7-11/h3-7H,8-10H2,1-2H3/t14-/m1/s1. The lowest BCUT2D eigenvalue weighted by atomic mass is 9.94. The molecule has 0 aromatic heterocycles. The van der Waals surface area contributed by atoms with Crippen LogP contribution in [0.5, 0.6) is 0 Å². The van der Waals surface area contributed by atoms with E-state index in [-0.39, 0.29) is 12.2 Å². The van der Waals surface area contributed by atoms with Crippen molar-refractivity contribution in [3.8, 4) is 0 Å². The van der Waals surface area contributed by atoms with Crippen LogP contribution in [0.3, 0.4) is 0 Å². The van der Waals surface area contributed by atoms with Crippen LogP contribution in [0.4, 0.5) is 0 Å². The number of hydrogen-bond donors (Lipinski definition) is 0. The Morgan fingerprint density at radius 3 is 2.56 bits per heavy atom. The summed E-state index contributed by atoms with van der Waals surface area (Å²) >= 11 is 5.69. The molecule has 1 aliphatic rings. The van der Waals surface area contributed by atoms with Gasteiger partial charge in [-0.25, -0.2) is 0 Å². The fourth-order valence-corrected chi connectivity index (χ4v) is 2.35. The molecular weight excluding hydrogens is 252 g/mol. The maximum absolute atomic E-state index is 11.6. The molecule has 0 bridgehead atoms. The van der Waals surface area contributed by atoms with Crippen molar-refractivity contribution in [2.45, 2.75) is 38.1 Å². The fourth-order valence-electron chi connectivity index (χ4n) is 2.17. The zero-order valence-corrected chi connectivity index (χ0v) is 11.4. The van der Waals surface area contributed by atoms with Crippen LogP contribution in [0, 0.1) is 0 Å². The van der Waals surface area contributed by atoms with Crippen LogP contribution in [-0.2, 0) is 20.9 Å². The van der Waals surface area contributed by atoms with E-state index in [2.05, 4.69) is 0 Å². The predicted molar refractivity (Wildman–Crippen MR) is 69.5 cm³/mol. The summed E-state index contributed by atoms with van der Waals surface area (Å²) in [4.78, 5) is 11.6. The topological polar surface area (TPSA) is 35.5 Å². The van der Waals surface area contributed by atoms with Crippen molar-refractivity contribution in [2.75, 3.05) is 6.61 Å². The normalized spacial score (nSPS) is 26.2. The Bertz CT molecular complexity index is 430. The van der Waals surface area contributed by atoms with Crippen molar-refractivity contribution in [1.82, 2.24) is 0 Å². The van der Waals surface area contributed by atoms with Gasteiger partial charge in [0.1, 0.15) is 0 Å². The van der Waals surface area contributed by atoms with E-state index in [9.17, 15) is 4.79 Å². The summed E-state index contributed by atoms with van der Waals surface area (Å²) in [6.07, 6.45) is 0.481. The lowest BCUT2D eigenvalue weighted by molar-refractivity contribution is -0.137. The van der Waals surface area contributed by atoms with Crippen LogP contribution >= 0.6 is 11.6 Å².